The van der Waals surface area contributed by atoms with Gasteiger partial charge in [0.2, 0.25) is 5.91 Å². The van der Waals surface area contributed by atoms with E-state index in [2.05, 4.69) is 25.7 Å². The van der Waals surface area contributed by atoms with Crippen molar-refractivity contribution in [3.05, 3.63) is 71.7 Å². The predicted molar refractivity (Wildman–Crippen MR) is 140 cm³/mol. The second kappa shape index (κ2) is 12.0. The molecule has 1 aliphatic heterocycles. The molecular formula is C29H33F2N5O3. The van der Waals surface area contributed by atoms with Crippen LogP contribution in [0.5, 0.6) is 0 Å². The van der Waals surface area contributed by atoms with Crippen molar-refractivity contribution in [1.82, 2.24) is 25.7 Å². The zero-order valence-corrected chi connectivity index (χ0v) is 21.9. The monoisotopic (exact) mass is 537 g/mol. The van der Waals surface area contributed by atoms with Crippen molar-refractivity contribution in [2.24, 2.45) is 5.92 Å². The standard InChI is InChI=1S/C29H33F2N5O3/c1-18(24-9-5-6-13-32-24)33-28(37)22-17-36(20-7-3-2-4-8-20)14-12-25(22)34-29(38)26-16-27(39-35-26)21-11-10-19(30)15-23(21)31/h5-6,9-11,13,15-16,18,20,22,25H,2-4,7-8,12,14,17H2,1H3,(H,33,37)(H,34,38)/t18?,22-,25-/m1/s1. The molecule has 10 heteroatoms. The lowest BCUT2D eigenvalue weighted by atomic mass is 9.86. The largest absolute Gasteiger partial charge is 0.355 e. The fourth-order valence-electron chi connectivity index (χ4n) is 5.66. The van der Waals surface area contributed by atoms with Crippen molar-refractivity contribution in [2.45, 2.75) is 63.6 Å². The summed E-state index contributed by atoms with van der Waals surface area (Å²) < 4.78 is 32.7. The van der Waals surface area contributed by atoms with Gasteiger partial charge in [-0.25, -0.2) is 8.78 Å². The maximum atomic E-state index is 14.2. The van der Waals surface area contributed by atoms with Gasteiger partial charge < -0.3 is 15.2 Å². The first-order valence-corrected chi connectivity index (χ1v) is 13.6. The van der Waals surface area contributed by atoms with Gasteiger partial charge in [-0.1, -0.05) is 30.5 Å². The number of amides is 2. The second-order valence-corrected chi connectivity index (χ2v) is 10.4. The molecule has 2 fully saturated rings. The maximum Gasteiger partial charge on any atom is 0.273 e. The van der Waals surface area contributed by atoms with Gasteiger partial charge in [-0.05, 0) is 50.5 Å². The van der Waals surface area contributed by atoms with Crippen molar-refractivity contribution < 1.29 is 22.9 Å². The van der Waals surface area contributed by atoms with Crippen molar-refractivity contribution in [1.29, 1.82) is 0 Å². The van der Waals surface area contributed by atoms with Gasteiger partial charge in [-0.2, -0.15) is 0 Å². The van der Waals surface area contributed by atoms with Gasteiger partial charge in [0.15, 0.2) is 11.5 Å². The summed E-state index contributed by atoms with van der Waals surface area (Å²) in [5, 5.41) is 9.86. The molecule has 3 atom stereocenters. The van der Waals surface area contributed by atoms with E-state index >= 15 is 0 Å². The number of benzene rings is 1. The summed E-state index contributed by atoms with van der Waals surface area (Å²) >= 11 is 0. The average Bonchev–Trinajstić information content (AvgIpc) is 3.44. The maximum absolute atomic E-state index is 14.2. The molecule has 206 valence electrons. The van der Waals surface area contributed by atoms with Crippen LogP contribution in [-0.4, -0.2) is 52.0 Å². The van der Waals surface area contributed by atoms with E-state index in [9.17, 15) is 18.4 Å². The van der Waals surface area contributed by atoms with Gasteiger partial charge >= 0.3 is 0 Å². The van der Waals surface area contributed by atoms with Gasteiger partial charge in [0, 0.05) is 43.5 Å². The van der Waals surface area contributed by atoms with Crippen LogP contribution in [0.2, 0.25) is 0 Å². The summed E-state index contributed by atoms with van der Waals surface area (Å²) in [5.41, 5.74) is 0.725. The minimum Gasteiger partial charge on any atom is -0.355 e. The third-order valence-electron chi connectivity index (χ3n) is 7.82. The molecule has 0 radical (unpaired) electrons. The lowest BCUT2D eigenvalue weighted by molar-refractivity contribution is -0.128. The highest BCUT2D eigenvalue weighted by molar-refractivity contribution is 5.94. The molecule has 2 amide bonds. The molecule has 2 aromatic heterocycles. The Labute approximate surface area is 226 Å². The van der Waals surface area contributed by atoms with Gasteiger partial charge in [-0.15, -0.1) is 0 Å². The van der Waals surface area contributed by atoms with E-state index in [-0.39, 0.29) is 29.0 Å². The summed E-state index contributed by atoms with van der Waals surface area (Å²) in [6.45, 7) is 3.21. The Morgan fingerprint density at radius 3 is 2.64 bits per heavy atom. The molecule has 5 rings (SSSR count). The van der Waals surface area contributed by atoms with Crippen LogP contribution in [0.25, 0.3) is 11.3 Å². The molecule has 39 heavy (non-hydrogen) atoms. The number of halogens is 2. The number of piperidine rings is 1. The molecule has 1 saturated carbocycles. The number of nitrogens with one attached hydrogen (secondary N) is 2. The van der Waals surface area contributed by atoms with Crippen molar-refractivity contribution in [3.8, 4) is 11.3 Å². The van der Waals surface area contributed by atoms with Crippen LogP contribution >= 0.6 is 0 Å². The van der Waals surface area contributed by atoms with Gasteiger partial charge in [0.05, 0.1) is 23.2 Å². The molecule has 1 saturated heterocycles. The first kappa shape index (κ1) is 26.9. The highest BCUT2D eigenvalue weighted by Gasteiger charge is 2.38. The van der Waals surface area contributed by atoms with E-state index in [1.807, 2.05) is 25.1 Å². The van der Waals surface area contributed by atoms with Crippen LogP contribution in [0.15, 0.2) is 53.2 Å². The number of hydrogen-bond acceptors (Lipinski definition) is 6. The molecule has 0 bridgehead atoms. The van der Waals surface area contributed by atoms with Crippen LogP contribution in [0.1, 0.15) is 67.7 Å². The molecule has 8 nitrogen and oxygen atoms in total. The fraction of sp³-hybridized carbons (Fsp3) is 0.448. The Bertz CT molecular complexity index is 1300. The van der Waals surface area contributed by atoms with E-state index in [0.29, 0.717) is 19.0 Å². The normalized spacial score (nSPS) is 21.3. The van der Waals surface area contributed by atoms with E-state index < -0.39 is 29.5 Å². The Balaban J connectivity index is 1.31. The van der Waals surface area contributed by atoms with Crippen molar-refractivity contribution in [3.63, 3.8) is 0 Å². The molecule has 2 N–H and O–H groups in total. The quantitative estimate of drug-likeness (QED) is 0.455. The zero-order valence-electron chi connectivity index (χ0n) is 21.9. The SMILES string of the molecule is CC(NC(=O)[C@@H]1CN(C2CCCCC2)CC[C@H]1NC(=O)c1cc(-c2ccc(F)cc2F)on1)c1ccccn1. The zero-order chi connectivity index (χ0) is 27.4. The smallest absolute Gasteiger partial charge is 0.273 e. The molecular weight excluding hydrogens is 504 g/mol. The summed E-state index contributed by atoms with van der Waals surface area (Å²) in [4.78, 5) is 33.5. The number of carbonyl (C=O) groups is 2. The number of rotatable bonds is 7. The van der Waals surface area contributed by atoms with E-state index in [1.54, 1.807) is 6.20 Å². The number of nitrogens with zero attached hydrogens (tertiary/aromatic N) is 3. The van der Waals surface area contributed by atoms with E-state index in [0.717, 1.165) is 37.2 Å². The topological polar surface area (TPSA) is 100 Å². The number of aromatic nitrogens is 2. The molecule has 1 aliphatic carbocycles. The number of hydrogen-bond donors (Lipinski definition) is 2. The van der Waals surface area contributed by atoms with Crippen molar-refractivity contribution >= 4 is 11.8 Å². The molecule has 3 heterocycles. The van der Waals surface area contributed by atoms with E-state index in [1.165, 1.54) is 31.4 Å². The minimum atomic E-state index is -0.813. The lowest BCUT2D eigenvalue weighted by Gasteiger charge is -2.43. The summed E-state index contributed by atoms with van der Waals surface area (Å²) in [5.74, 6) is -2.64. The Hall–Kier alpha value is -3.66. The summed E-state index contributed by atoms with van der Waals surface area (Å²) in [7, 11) is 0. The minimum absolute atomic E-state index is 0.00417. The Morgan fingerprint density at radius 2 is 1.90 bits per heavy atom. The van der Waals surface area contributed by atoms with Crippen LogP contribution in [0.3, 0.4) is 0 Å². The van der Waals surface area contributed by atoms with Gasteiger partial charge in [0.1, 0.15) is 11.6 Å². The Kier molecular flexibility index (Phi) is 8.30. The highest BCUT2D eigenvalue weighted by atomic mass is 19.1. The van der Waals surface area contributed by atoms with Crippen LogP contribution in [0, 0.1) is 17.6 Å². The van der Waals surface area contributed by atoms with Crippen LogP contribution in [0.4, 0.5) is 8.78 Å². The van der Waals surface area contributed by atoms with E-state index in [4.69, 9.17) is 4.52 Å². The molecule has 3 aromatic rings. The first-order chi connectivity index (χ1) is 18.9. The Morgan fingerprint density at radius 1 is 1.08 bits per heavy atom. The number of pyridine rings is 1. The average molecular weight is 538 g/mol. The van der Waals surface area contributed by atoms with Crippen LogP contribution < -0.4 is 10.6 Å². The molecule has 0 spiro atoms. The van der Waals surface area contributed by atoms with Crippen molar-refractivity contribution in [2.75, 3.05) is 13.1 Å². The third-order valence-corrected chi connectivity index (χ3v) is 7.82. The third kappa shape index (κ3) is 6.33. The molecule has 2 aliphatic rings. The highest BCUT2D eigenvalue weighted by Crippen LogP contribution is 2.29. The first-order valence-electron chi connectivity index (χ1n) is 13.6. The molecule has 1 aromatic carbocycles. The lowest BCUT2D eigenvalue weighted by Crippen LogP contribution is -2.58. The summed E-state index contributed by atoms with van der Waals surface area (Å²) in [6.07, 6.45) is 8.17. The van der Waals surface area contributed by atoms with Gasteiger partial charge in [0.25, 0.3) is 5.91 Å². The van der Waals surface area contributed by atoms with Crippen LogP contribution in [-0.2, 0) is 4.79 Å². The predicted octanol–water partition coefficient (Wildman–Crippen LogP) is 4.65. The number of likely N-dealkylation sites (tertiary alicyclic amines) is 1. The number of carbonyl (C=O) groups excluding carboxylic acids is 2. The fourth-order valence-corrected chi connectivity index (χ4v) is 5.66. The second-order valence-electron chi connectivity index (χ2n) is 10.4. The summed E-state index contributed by atoms with van der Waals surface area (Å²) in [6, 6.07) is 9.71. The van der Waals surface area contributed by atoms with Gasteiger partial charge in [-0.3, -0.25) is 19.5 Å². The molecule has 1 unspecified atom stereocenters.